The van der Waals surface area contributed by atoms with Crippen LogP contribution in [0.1, 0.15) is 32.6 Å². The molecule has 0 N–H and O–H groups in total. The maximum Gasteiger partial charge on any atom is 1.00 e. The van der Waals surface area contributed by atoms with Gasteiger partial charge < -0.3 is 19.8 Å². The fourth-order valence-corrected chi connectivity index (χ4v) is 2.17. The molecule has 0 saturated heterocycles. The van der Waals surface area contributed by atoms with E-state index in [1.807, 2.05) is 6.92 Å². The number of carbonyl (C=O) groups is 2. The van der Waals surface area contributed by atoms with Crippen molar-refractivity contribution in [3.63, 3.8) is 0 Å². The first-order valence-corrected chi connectivity index (χ1v) is 4.98. The SMILES string of the molecule is CCC1CCC(C(=O)[O-])C(C(=O)[O-])C1.[Li+].[Li+]. The molecule has 1 fully saturated rings. The third kappa shape index (κ3) is 4.56. The first kappa shape index (κ1) is 18.5. The van der Waals surface area contributed by atoms with Crippen LogP contribution in [0.25, 0.3) is 0 Å². The second-order valence-electron chi connectivity index (χ2n) is 3.94. The Morgan fingerprint density at radius 2 is 1.56 bits per heavy atom. The second-order valence-corrected chi connectivity index (χ2v) is 3.94. The topological polar surface area (TPSA) is 80.3 Å². The van der Waals surface area contributed by atoms with Crippen molar-refractivity contribution in [3.8, 4) is 0 Å². The van der Waals surface area contributed by atoms with Crippen molar-refractivity contribution < 1.29 is 57.5 Å². The van der Waals surface area contributed by atoms with E-state index < -0.39 is 23.8 Å². The van der Waals surface area contributed by atoms with Crippen molar-refractivity contribution in [2.24, 2.45) is 17.8 Å². The summed E-state index contributed by atoms with van der Waals surface area (Å²) in [6, 6.07) is 0. The number of rotatable bonds is 3. The molecule has 0 radical (unpaired) electrons. The van der Waals surface area contributed by atoms with Gasteiger partial charge in [0.25, 0.3) is 0 Å². The zero-order chi connectivity index (χ0) is 10.7. The van der Waals surface area contributed by atoms with E-state index in [1.165, 1.54) is 0 Å². The molecule has 0 aromatic rings. The van der Waals surface area contributed by atoms with E-state index in [0.717, 1.165) is 12.8 Å². The van der Waals surface area contributed by atoms with E-state index in [4.69, 9.17) is 0 Å². The first-order valence-electron chi connectivity index (χ1n) is 4.98. The number of hydrogen-bond donors (Lipinski definition) is 0. The molecule has 0 bridgehead atoms. The summed E-state index contributed by atoms with van der Waals surface area (Å²) in [5.74, 6) is -3.92. The molecule has 3 atom stereocenters. The maximum absolute atomic E-state index is 10.7. The zero-order valence-electron chi connectivity index (χ0n) is 10.2. The van der Waals surface area contributed by atoms with Gasteiger partial charge in [0.05, 0.1) is 0 Å². The molecule has 1 saturated carbocycles. The molecule has 1 rings (SSSR count). The van der Waals surface area contributed by atoms with Crippen molar-refractivity contribution in [2.45, 2.75) is 32.6 Å². The number of aliphatic carboxylic acids is 2. The molecular weight excluding hydrogens is 198 g/mol. The summed E-state index contributed by atoms with van der Waals surface area (Å²) in [4.78, 5) is 21.4. The molecule has 0 aliphatic heterocycles. The third-order valence-corrected chi connectivity index (χ3v) is 3.14. The van der Waals surface area contributed by atoms with Gasteiger partial charge in [-0.3, -0.25) is 0 Å². The minimum atomic E-state index is -1.26. The van der Waals surface area contributed by atoms with Crippen molar-refractivity contribution >= 4 is 11.9 Å². The fourth-order valence-electron chi connectivity index (χ4n) is 2.17. The molecule has 3 unspecified atom stereocenters. The molecule has 1 aliphatic carbocycles. The molecule has 0 heterocycles. The summed E-state index contributed by atoms with van der Waals surface area (Å²) in [5, 5.41) is 21.4. The van der Waals surface area contributed by atoms with Gasteiger partial charge in [-0.15, -0.1) is 0 Å². The maximum atomic E-state index is 10.7. The third-order valence-electron chi connectivity index (χ3n) is 3.14. The van der Waals surface area contributed by atoms with Crippen molar-refractivity contribution in [3.05, 3.63) is 0 Å². The Balaban J connectivity index is 0. The van der Waals surface area contributed by atoms with Gasteiger partial charge in [-0.25, -0.2) is 0 Å². The summed E-state index contributed by atoms with van der Waals surface area (Å²) < 4.78 is 0. The quantitative estimate of drug-likeness (QED) is 0.435. The Labute approximate surface area is 120 Å². The standard InChI is InChI=1S/C10H16O4.2Li/c1-2-6-3-4-7(9(11)12)8(5-6)10(13)14;;/h6-8H,2-5H2,1H3,(H,11,12)(H,13,14);;/q;2*+1/p-2. The zero-order valence-corrected chi connectivity index (χ0v) is 10.2. The van der Waals surface area contributed by atoms with Crippen LogP contribution in [0.3, 0.4) is 0 Å². The molecule has 0 spiro atoms. The number of carboxylic acid groups (broad SMARTS) is 2. The van der Waals surface area contributed by atoms with Crippen molar-refractivity contribution in [1.29, 1.82) is 0 Å². The number of carbonyl (C=O) groups excluding carboxylic acids is 2. The van der Waals surface area contributed by atoms with E-state index in [-0.39, 0.29) is 37.7 Å². The van der Waals surface area contributed by atoms with Gasteiger partial charge in [-0.2, -0.15) is 0 Å². The molecule has 1 aliphatic rings. The molecule has 4 nitrogen and oxygen atoms in total. The summed E-state index contributed by atoms with van der Waals surface area (Å²) in [5.41, 5.74) is 0. The monoisotopic (exact) mass is 212 g/mol. The van der Waals surface area contributed by atoms with E-state index in [1.54, 1.807) is 0 Å². The Morgan fingerprint density at radius 1 is 1.06 bits per heavy atom. The summed E-state index contributed by atoms with van der Waals surface area (Å²) in [7, 11) is 0. The predicted molar refractivity (Wildman–Crippen MR) is 44.6 cm³/mol. The van der Waals surface area contributed by atoms with E-state index in [9.17, 15) is 19.8 Å². The normalized spacial score (nSPS) is 28.4. The van der Waals surface area contributed by atoms with Crippen LogP contribution >= 0.6 is 0 Å². The smallest absolute Gasteiger partial charge is 0.550 e. The molecule has 16 heavy (non-hydrogen) atoms. The van der Waals surface area contributed by atoms with Gasteiger partial charge in [-0.1, -0.05) is 13.3 Å². The molecule has 6 heteroatoms. The average Bonchev–Trinajstić information content (AvgIpc) is 2.16. The van der Waals surface area contributed by atoms with Crippen LogP contribution in [-0.2, 0) is 9.59 Å². The van der Waals surface area contributed by atoms with Crippen LogP contribution in [0.5, 0.6) is 0 Å². The van der Waals surface area contributed by atoms with E-state index in [2.05, 4.69) is 0 Å². The molecule has 0 amide bonds. The second kappa shape index (κ2) is 8.26. The summed E-state index contributed by atoms with van der Waals surface area (Å²) in [6.07, 6.45) is 2.49. The molecule has 0 aromatic carbocycles. The largest absolute Gasteiger partial charge is 1.00 e. The van der Waals surface area contributed by atoms with Gasteiger partial charge in [0.15, 0.2) is 0 Å². The Bertz CT molecular complexity index is 245. The minimum Gasteiger partial charge on any atom is -0.550 e. The van der Waals surface area contributed by atoms with Gasteiger partial charge in [0.2, 0.25) is 0 Å². The summed E-state index contributed by atoms with van der Waals surface area (Å²) >= 11 is 0. The van der Waals surface area contributed by atoms with Crippen LogP contribution in [0.15, 0.2) is 0 Å². The van der Waals surface area contributed by atoms with Crippen LogP contribution in [0, 0.1) is 17.8 Å². The molecular formula is C10H14Li2O4. The number of carboxylic acids is 2. The van der Waals surface area contributed by atoms with Gasteiger partial charge in [0.1, 0.15) is 0 Å². The summed E-state index contributed by atoms with van der Waals surface area (Å²) in [6.45, 7) is 1.98. The van der Waals surface area contributed by atoms with Crippen LogP contribution in [0.4, 0.5) is 0 Å². The average molecular weight is 212 g/mol. The first-order chi connectivity index (χ1) is 6.56. The number of hydrogen-bond acceptors (Lipinski definition) is 4. The van der Waals surface area contributed by atoms with Crippen LogP contribution in [-0.4, -0.2) is 11.9 Å². The van der Waals surface area contributed by atoms with Gasteiger partial charge in [0, 0.05) is 23.8 Å². The Kier molecular flexibility index (Phi) is 9.55. The Morgan fingerprint density at radius 3 is 1.94 bits per heavy atom. The van der Waals surface area contributed by atoms with Crippen LogP contribution in [0.2, 0.25) is 0 Å². The van der Waals surface area contributed by atoms with Crippen molar-refractivity contribution in [1.82, 2.24) is 0 Å². The minimum absolute atomic E-state index is 0. The van der Waals surface area contributed by atoms with E-state index >= 15 is 0 Å². The van der Waals surface area contributed by atoms with E-state index in [0.29, 0.717) is 18.8 Å². The van der Waals surface area contributed by atoms with Gasteiger partial charge >= 0.3 is 37.7 Å². The van der Waals surface area contributed by atoms with Gasteiger partial charge in [-0.05, 0) is 25.2 Å². The Hall–Kier alpha value is 0.135. The van der Waals surface area contributed by atoms with Crippen LogP contribution < -0.4 is 47.9 Å². The molecule has 0 aromatic heterocycles. The molecule has 80 valence electrons. The predicted octanol–water partition coefficient (Wildman–Crippen LogP) is -7.06. The fraction of sp³-hybridized carbons (Fsp3) is 0.800. The van der Waals surface area contributed by atoms with Crippen molar-refractivity contribution in [2.75, 3.05) is 0 Å².